The lowest BCUT2D eigenvalue weighted by molar-refractivity contribution is 1.58. The quantitative estimate of drug-likeness (QED) is 0.135. The van der Waals surface area contributed by atoms with Gasteiger partial charge in [0.2, 0.25) is 0 Å². The van der Waals surface area contributed by atoms with Gasteiger partial charge in [0.1, 0.15) is 0 Å². The molecule has 388 valence electrons. The van der Waals surface area contributed by atoms with Crippen LogP contribution >= 0.6 is 0 Å². The molecule has 0 nitrogen and oxygen atoms in total. The smallest absolute Gasteiger partial charge is 0.000718 e. The predicted octanol–water partition coefficient (Wildman–Crippen LogP) is 23.4. The maximum atomic E-state index is 2.50. The number of hydrogen-bond donors (Lipinski definition) is 0. The van der Waals surface area contributed by atoms with Gasteiger partial charge in [-0.15, -0.1) is 0 Å². The van der Waals surface area contributed by atoms with E-state index in [1.54, 1.807) is 0 Å². The van der Waals surface area contributed by atoms with Crippen LogP contribution < -0.4 is 0 Å². The molecule has 0 heterocycles. The largest absolute Gasteiger partial charge is 0.0622 e. The van der Waals surface area contributed by atoms with Gasteiger partial charge in [0.15, 0.2) is 0 Å². The molecule has 2 aliphatic rings. The first kappa shape index (κ1) is 47.8. The molecule has 0 saturated carbocycles. The zero-order valence-corrected chi connectivity index (χ0v) is 46.0. The van der Waals surface area contributed by atoms with Gasteiger partial charge in [-0.05, 0) is 189 Å². The fourth-order valence-corrected chi connectivity index (χ4v) is 14.5. The standard InChI is InChI=1S/C84H52/c1-6-25-53(26-7-1)58-35-24-36-60(51-58)75-74-52-59(54-27-8-2-9-28-54)45-46-69(74)78(66-42-21-18-39-63(66)57-33-14-5-15-34-57)82-71-49-50-73-80-72(48-47-70(79(71)80)81(75)82)83-76(64-40-19-16-37-61(64)55-29-10-3-11-30-55)67-43-22-23-44-68(67)77(84(73)83)65-41-20-17-38-62(65)56-31-12-4-13-32-56/h1-52H. The van der Waals surface area contributed by atoms with E-state index < -0.39 is 0 Å². The molecular weight excluding hydrogens is 1010 g/mol. The fraction of sp³-hybridized carbons (Fsp3) is 0. The van der Waals surface area contributed by atoms with Gasteiger partial charge in [-0.1, -0.05) is 303 Å². The third kappa shape index (κ3) is 7.34. The molecule has 0 aliphatic heterocycles. The van der Waals surface area contributed by atoms with Crippen molar-refractivity contribution in [3.8, 4) is 145 Å². The first-order chi connectivity index (χ1) is 41.7. The lowest BCUT2D eigenvalue weighted by Crippen LogP contribution is -1.97. The molecule has 2 aliphatic carbocycles. The normalized spacial score (nSPS) is 11.8. The first-order valence-corrected chi connectivity index (χ1v) is 29.2. The number of hydrogen-bond acceptors (Lipinski definition) is 0. The van der Waals surface area contributed by atoms with Gasteiger partial charge < -0.3 is 0 Å². The van der Waals surface area contributed by atoms with Crippen LogP contribution in [-0.4, -0.2) is 0 Å². The van der Waals surface area contributed by atoms with Crippen LogP contribution in [0.4, 0.5) is 0 Å². The summed E-state index contributed by atoms with van der Waals surface area (Å²) >= 11 is 0. The van der Waals surface area contributed by atoms with E-state index in [1.807, 2.05) is 0 Å². The van der Waals surface area contributed by atoms with Crippen LogP contribution in [0.5, 0.6) is 0 Å². The Morgan fingerprint density at radius 1 is 0.119 bits per heavy atom. The Balaban J connectivity index is 1.04. The monoisotopic (exact) mass is 1060 g/mol. The summed E-state index contributed by atoms with van der Waals surface area (Å²) in [6.07, 6.45) is 0. The van der Waals surface area contributed by atoms with Gasteiger partial charge in [0, 0.05) is 0 Å². The Labute approximate surface area is 489 Å². The fourth-order valence-electron chi connectivity index (χ4n) is 14.5. The minimum atomic E-state index is 1.19. The van der Waals surface area contributed by atoms with Crippen LogP contribution in [-0.2, 0) is 0 Å². The summed E-state index contributed by atoms with van der Waals surface area (Å²) in [5, 5.41) is 7.55. The maximum absolute atomic E-state index is 2.50. The van der Waals surface area contributed by atoms with Crippen molar-refractivity contribution in [2.75, 3.05) is 0 Å². The van der Waals surface area contributed by atoms with Crippen molar-refractivity contribution in [3.05, 3.63) is 315 Å². The van der Waals surface area contributed by atoms with Gasteiger partial charge in [0.05, 0.1) is 0 Å². The molecule has 0 amide bonds. The summed E-state index contributed by atoms with van der Waals surface area (Å²) in [4.78, 5) is 0. The number of fused-ring (bicyclic) bond motifs is 8. The van der Waals surface area contributed by atoms with E-state index in [1.165, 1.54) is 177 Å². The van der Waals surface area contributed by atoms with Crippen molar-refractivity contribution in [1.29, 1.82) is 0 Å². The van der Waals surface area contributed by atoms with Gasteiger partial charge in [-0.2, -0.15) is 0 Å². The van der Waals surface area contributed by atoms with E-state index >= 15 is 0 Å². The second-order valence-electron chi connectivity index (χ2n) is 22.4. The van der Waals surface area contributed by atoms with Crippen molar-refractivity contribution in [3.63, 3.8) is 0 Å². The van der Waals surface area contributed by atoms with Crippen molar-refractivity contribution in [2.45, 2.75) is 0 Å². The SMILES string of the molecule is c1ccc(-c2cccc(-c3c4c(c(-c5ccccc5-c5ccccc5)c5ccc(-c6ccccc6)cc35)-c3ccc5c6c(ccc-4c36)-c3c-5c(-c4ccccc4-c4ccccc4)c4ccccc4c3-c3ccccc3-c3ccccc3)c2)cc1. The minimum Gasteiger partial charge on any atom is -0.0622 e. The van der Waals surface area contributed by atoms with Crippen LogP contribution in [0.2, 0.25) is 0 Å². The van der Waals surface area contributed by atoms with Crippen LogP contribution in [0.1, 0.15) is 0 Å². The van der Waals surface area contributed by atoms with Crippen LogP contribution in [0, 0.1) is 0 Å². The Morgan fingerprint density at radius 2 is 0.405 bits per heavy atom. The molecule has 0 unspecified atom stereocenters. The van der Waals surface area contributed by atoms with Gasteiger partial charge in [-0.25, -0.2) is 0 Å². The molecule has 0 fully saturated rings. The van der Waals surface area contributed by atoms with Gasteiger partial charge in [0.25, 0.3) is 0 Å². The summed E-state index contributed by atoms with van der Waals surface area (Å²) in [5.74, 6) is 0. The zero-order valence-electron chi connectivity index (χ0n) is 46.0. The van der Waals surface area contributed by atoms with Crippen LogP contribution in [0.25, 0.3) is 177 Å². The summed E-state index contributed by atoms with van der Waals surface area (Å²) < 4.78 is 0. The molecule has 15 aromatic carbocycles. The molecule has 0 N–H and O–H groups in total. The van der Waals surface area contributed by atoms with Crippen molar-refractivity contribution in [2.24, 2.45) is 0 Å². The molecule has 0 aromatic heterocycles. The van der Waals surface area contributed by atoms with Crippen molar-refractivity contribution >= 4 is 32.3 Å². The predicted molar refractivity (Wildman–Crippen MR) is 357 cm³/mol. The Bertz CT molecular complexity index is 5000. The third-order valence-electron chi connectivity index (χ3n) is 18.0. The molecule has 84 heavy (non-hydrogen) atoms. The molecule has 15 aromatic rings. The number of benzene rings is 15. The first-order valence-electron chi connectivity index (χ1n) is 29.2. The highest BCUT2D eigenvalue weighted by Gasteiger charge is 2.38. The van der Waals surface area contributed by atoms with Crippen LogP contribution in [0.15, 0.2) is 315 Å². The molecule has 0 atom stereocenters. The summed E-state index contributed by atoms with van der Waals surface area (Å²) in [5.41, 5.74) is 32.1. The minimum absolute atomic E-state index is 1.19. The van der Waals surface area contributed by atoms with E-state index in [-0.39, 0.29) is 0 Å². The van der Waals surface area contributed by atoms with E-state index in [4.69, 9.17) is 0 Å². The Hall–Kier alpha value is -10.9. The Morgan fingerprint density at radius 3 is 0.798 bits per heavy atom. The molecule has 0 radical (unpaired) electrons. The molecule has 0 spiro atoms. The molecular formula is C84H52. The second kappa shape index (κ2) is 19.4. The summed E-state index contributed by atoms with van der Waals surface area (Å²) in [6, 6.07) is 118. The van der Waals surface area contributed by atoms with Crippen LogP contribution in [0.3, 0.4) is 0 Å². The lowest BCUT2D eigenvalue weighted by Gasteiger charge is -2.24. The second-order valence-corrected chi connectivity index (χ2v) is 22.4. The lowest BCUT2D eigenvalue weighted by atomic mass is 9.79. The third-order valence-corrected chi connectivity index (χ3v) is 18.0. The maximum Gasteiger partial charge on any atom is -0.000718 e. The molecule has 17 rings (SSSR count). The van der Waals surface area contributed by atoms with Crippen molar-refractivity contribution in [1.82, 2.24) is 0 Å². The van der Waals surface area contributed by atoms with Gasteiger partial charge in [-0.3, -0.25) is 0 Å². The molecule has 0 heteroatoms. The summed E-state index contributed by atoms with van der Waals surface area (Å²) in [7, 11) is 0. The molecule has 0 bridgehead atoms. The highest BCUT2D eigenvalue weighted by molar-refractivity contribution is 6.36. The van der Waals surface area contributed by atoms with E-state index in [0.29, 0.717) is 0 Å². The summed E-state index contributed by atoms with van der Waals surface area (Å²) in [6.45, 7) is 0. The molecule has 0 saturated heterocycles. The van der Waals surface area contributed by atoms with Gasteiger partial charge >= 0.3 is 0 Å². The highest BCUT2D eigenvalue weighted by Crippen LogP contribution is 2.65. The highest BCUT2D eigenvalue weighted by atomic mass is 14.4. The van der Waals surface area contributed by atoms with Crippen molar-refractivity contribution < 1.29 is 0 Å². The average molecular weight is 1060 g/mol. The Kier molecular flexibility index (Phi) is 11.0. The zero-order chi connectivity index (χ0) is 55.2. The topological polar surface area (TPSA) is 0 Å². The van der Waals surface area contributed by atoms with E-state index in [9.17, 15) is 0 Å². The average Bonchev–Trinajstić information content (AvgIpc) is 1.54. The van der Waals surface area contributed by atoms with E-state index in [0.717, 1.165) is 0 Å². The number of rotatable bonds is 9. The van der Waals surface area contributed by atoms with E-state index in [2.05, 4.69) is 315 Å².